The molecular formula is C51H33N5. The van der Waals surface area contributed by atoms with Gasteiger partial charge in [-0.15, -0.1) is 0 Å². The van der Waals surface area contributed by atoms with Crippen LogP contribution in [0.2, 0.25) is 0 Å². The van der Waals surface area contributed by atoms with Crippen LogP contribution in [0.1, 0.15) is 0 Å². The van der Waals surface area contributed by atoms with E-state index in [2.05, 4.69) is 160 Å². The SMILES string of the molecule is c1ccc(-c2cc(-c3cccc(-n4c5ccc(-c6ccc7c8ccccc8n(-c8ccccc8)c7c6)cc5c5cccnc54)c3)cc(-c3ccccn3)n2)cc1. The third-order valence-electron chi connectivity index (χ3n) is 10.8. The molecule has 6 aromatic carbocycles. The molecular weight excluding hydrogens is 683 g/mol. The van der Waals surface area contributed by atoms with Crippen molar-refractivity contribution in [3.05, 3.63) is 200 Å². The Morgan fingerprint density at radius 3 is 1.84 bits per heavy atom. The maximum absolute atomic E-state index is 5.06. The standard InChI is InChI=1S/C51H33N5/c1-3-13-34(14-4-1)46-31-38(32-47(54-46)45-21-9-10-27-52-45)35-15-11-18-40(29-35)56-49-26-24-36(30-44(49)43-20-12-28-53-51(43)56)37-23-25-42-41-19-7-8-22-48(41)55(50(42)33-37)39-16-5-2-6-17-39/h1-33H. The summed E-state index contributed by atoms with van der Waals surface area (Å²) in [5.41, 5.74) is 14.7. The van der Waals surface area contributed by atoms with Crippen molar-refractivity contribution in [2.75, 3.05) is 0 Å². The quantitative estimate of drug-likeness (QED) is 0.172. The highest BCUT2D eigenvalue weighted by atomic mass is 15.0. The van der Waals surface area contributed by atoms with Gasteiger partial charge in [0.2, 0.25) is 0 Å². The molecule has 11 rings (SSSR count). The first-order valence-corrected chi connectivity index (χ1v) is 18.8. The van der Waals surface area contributed by atoms with Gasteiger partial charge in [0.15, 0.2) is 0 Å². The van der Waals surface area contributed by atoms with Crippen molar-refractivity contribution in [3.8, 4) is 56.3 Å². The van der Waals surface area contributed by atoms with E-state index in [1.807, 2.05) is 54.9 Å². The van der Waals surface area contributed by atoms with E-state index in [9.17, 15) is 0 Å². The number of fused-ring (bicyclic) bond motifs is 6. The number of rotatable bonds is 6. The Hall–Kier alpha value is -7.63. The molecule has 0 radical (unpaired) electrons. The average Bonchev–Trinajstić information content (AvgIpc) is 3.79. The molecule has 5 nitrogen and oxygen atoms in total. The third kappa shape index (κ3) is 5.29. The topological polar surface area (TPSA) is 48.5 Å². The van der Waals surface area contributed by atoms with Crippen molar-refractivity contribution in [1.29, 1.82) is 0 Å². The van der Waals surface area contributed by atoms with Crippen LogP contribution in [0.25, 0.3) is 100 Å². The van der Waals surface area contributed by atoms with E-state index in [1.54, 1.807) is 0 Å². The minimum absolute atomic E-state index is 0.834. The van der Waals surface area contributed by atoms with Crippen LogP contribution in [-0.2, 0) is 0 Å². The lowest BCUT2D eigenvalue weighted by atomic mass is 10.0. The second kappa shape index (κ2) is 13.0. The summed E-state index contributed by atoms with van der Waals surface area (Å²) < 4.78 is 4.66. The zero-order valence-corrected chi connectivity index (χ0v) is 30.3. The van der Waals surface area contributed by atoms with Crippen molar-refractivity contribution in [3.63, 3.8) is 0 Å². The first-order valence-electron chi connectivity index (χ1n) is 18.8. The van der Waals surface area contributed by atoms with Gasteiger partial charge in [0.1, 0.15) is 5.65 Å². The van der Waals surface area contributed by atoms with Crippen molar-refractivity contribution < 1.29 is 0 Å². The Bertz CT molecular complexity index is 3180. The summed E-state index contributed by atoms with van der Waals surface area (Å²) in [5.74, 6) is 0. The number of para-hydroxylation sites is 2. The normalized spacial score (nSPS) is 11.6. The summed E-state index contributed by atoms with van der Waals surface area (Å²) in [6.07, 6.45) is 3.70. The molecule has 0 N–H and O–H groups in total. The third-order valence-corrected chi connectivity index (χ3v) is 10.8. The molecule has 5 heteroatoms. The lowest BCUT2D eigenvalue weighted by molar-refractivity contribution is 1.14. The smallest absolute Gasteiger partial charge is 0.145 e. The van der Waals surface area contributed by atoms with Crippen LogP contribution in [0.15, 0.2) is 200 Å². The summed E-state index contributed by atoms with van der Waals surface area (Å²) in [6, 6.07) is 66.5. The van der Waals surface area contributed by atoms with Crippen LogP contribution in [0.5, 0.6) is 0 Å². The van der Waals surface area contributed by atoms with E-state index in [1.165, 1.54) is 27.4 Å². The van der Waals surface area contributed by atoms with Gasteiger partial charge in [-0.25, -0.2) is 9.97 Å². The zero-order valence-electron chi connectivity index (χ0n) is 30.3. The Morgan fingerprint density at radius 1 is 0.304 bits per heavy atom. The highest BCUT2D eigenvalue weighted by molar-refractivity contribution is 6.12. The zero-order chi connectivity index (χ0) is 37.0. The first-order chi connectivity index (χ1) is 27.8. The molecule has 0 unspecified atom stereocenters. The minimum Gasteiger partial charge on any atom is -0.309 e. The molecule has 11 aromatic rings. The van der Waals surface area contributed by atoms with Crippen molar-refractivity contribution in [2.45, 2.75) is 0 Å². The molecule has 5 heterocycles. The molecule has 0 aliphatic heterocycles. The molecule has 5 aromatic heterocycles. The molecule has 0 bridgehead atoms. The number of nitrogens with zero attached hydrogens (tertiary/aromatic N) is 5. The number of pyridine rings is 3. The van der Waals surface area contributed by atoms with Crippen LogP contribution in [-0.4, -0.2) is 24.1 Å². The summed E-state index contributed by atoms with van der Waals surface area (Å²) >= 11 is 0. The monoisotopic (exact) mass is 715 g/mol. The molecule has 262 valence electrons. The molecule has 56 heavy (non-hydrogen) atoms. The highest BCUT2D eigenvalue weighted by Gasteiger charge is 2.18. The van der Waals surface area contributed by atoms with Crippen LogP contribution in [0.4, 0.5) is 0 Å². The van der Waals surface area contributed by atoms with E-state index in [-0.39, 0.29) is 0 Å². The van der Waals surface area contributed by atoms with Crippen molar-refractivity contribution in [2.24, 2.45) is 0 Å². The number of aromatic nitrogens is 5. The summed E-state index contributed by atoms with van der Waals surface area (Å²) in [6.45, 7) is 0. The average molecular weight is 716 g/mol. The number of hydrogen-bond donors (Lipinski definition) is 0. The lowest BCUT2D eigenvalue weighted by Crippen LogP contribution is -1.96. The van der Waals surface area contributed by atoms with Gasteiger partial charge in [-0.05, 0) is 107 Å². The second-order valence-corrected chi connectivity index (χ2v) is 14.1. The molecule has 0 spiro atoms. The van der Waals surface area contributed by atoms with Gasteiger partial charge < -0.3 is 4.57 Å². The van der Waals surface area contributed by atoms with Gasteiger partial charge in [0.05, 0.1) is 33.6 Å². The van der Waals surface area contributed by atoms with Gasteiger partial charge in [-0.2, -0.15) is 0 Å². The molecule has 0 aliphatic rings. The molecule has 0 saturated heterocycles. The van der Waals surface area contributed by atoms with Gasteiger partial charge in [0, 0.05) is 50.9 Å². The summed E-state index contributed by atoms with van der Waals surface area (Å²) in [5, 5.41) is 4.77. The van der Waals surface area contributed by atoms with Crippen LogP contribution >= 0.6 is 0 Å². The number of benzene rings is 6. The van der Waals surface area contributed by atoms with Gasteiger partial charge >= 0.3 is 0 Å². The largest absolute Gasteiger partial charge is 0.309 e. The predicted octanol–water partition coefficient (Wildman–Crippen LogP) is 12.7. The Kier molecular flexibility index (Phi) is 7.42. The Balaban J connectivity index is 1.06. The molecule has 0 amide bonds. The minimum atomic E-state index is 0.834. The fraction of sp³-hybridized carbons (Fsp3) is 0. The summed E-state index contributed by atoms with van der Waals surface area (Å²) in [7, 11) is 0. The van der Waals surface area contributed by atoms with Crippen LogP contribution in [0.3, 0.4) is 0 Å². The van der Waals surface area contributed by atoms with Gasteiger partial charge in [-0.3, -0.25) is 9.55 Å². The van der Waals surface area contributed by atoms with Crippen molar-refractivity contribution in [1.82, 2.24) is 24.1 Å². The number of hydrogen-bond acceptors (Lipinski definition) is 3. The van der Waals surface area contributed by atoms with E-state index in [4.69, 9.17) is 9.97 Å². The lowest BCUT2D eigenvalue weighted by Gasteiger charge is -2.12. The van der Waals surface area contributed by atoms with E-state index >= 15 is 0 Å². The second-order valence-electron chi connectivity index (χ2n) is 14.1. The molecule has 0 aliphatic carbocycles. The van der Waals surface area contributed by atoms with E-state index < -0.39 is 0 Å². The fourth-order valence-electron chi connectivity index (χ4n) is 8.22. The Labute approximate surface area is 323 Å². The van der Waals surface area contributed by atoms with Gasteiger partial charge in [0.25, 0.3) is 0 Å². The highest BCUT2D eigenvalue weighted by Crippen LogP contribution is 2.38. The fourth-order valence-corrected chi connectivity index (χ4v) is 8.22. The van der Waals surface area contributed by atoms with E-state index in [0.717, 1.165) is 72.6 Å². The summed E-state index contributed by atoms with van der Waals surface area (Å²) in [4.78, 5) is 14.7. The Morgan fingerprint density at radius 2 is 0.964 bits per heavy atom. The van der Waals surface area contributed by atoms with Gasteiger partial charge in [-0.1, -0.05) is 103 Å². The van der Waals surface area contributed by atoms with Crippen LogP contribution in [0, 0.1) is 0 Å². The molecule has 0 fully saturated rings. The first kappa shape index (κ1) is 31.9. The molecule has 0 saturated carbocycles. The van der Waals surface area contributed by atoms with Crippen molar-refractivity contribution >= 4 is 43.7 Å². The molecule has 0 atom stereocenters. The maximum Gasteiger partial charge on any atom is 0.145 e. The van der Waals surface area contributed by atoms with Crippen LogP contribution < -0.4 is 0 Å². The van der Waals surface area contributed by atoms with E-state index in [0.29, 0.717) is 0 Å². The predicted molar refractivity (Wildman–Crippen MR) is 230 cm³/mol. The maximum atomic E-state index is 5.06.